The van der Waals surface area contributed by atoms with Crippen molar-refractivity contribution in [1.29, 1.82) is 0 Å². The number of aryl methyl sites for hydroxylation is 1. The van der Waals surface area contributed by atoms with Crippen LogP contribution in [-0.2, 0) is 6.54 Å². The highest BCUT2D eigenvalue weighted by molar-refractivity contribution is 5.93. The quantitative estimate of drug-likeness (QED) is 0.607. The maximum Gasteiger partial charge on any atom is 0.335 e. The van der Waals surface area contributed by atoms with E-state index in [4.69, 9.17) is 4.74 Å². The van der Waals surface area contributed by atoms with Crippen molar-refractivity contribution < 1.29 is 4.74 Å². The molecule has 4 aromatic rings. The second-order valence-electron chi connectivity index (χ2n) is 5.83. The summed E-state index contributed by atoms with van der Waals surface area (Å²) < 4.78 is 8.98. The lowest BCUT2D eigenvalue weighted by Gasteiger charge is -2.08. The third-order valence-corrected chi connectivity index (χ3v) is 4.22. The first kappa shape index (κ1) is 15.4. The summed E-state index contributed by atoms with van der Waals surface area (Å²) >= 11 is 0. The Morgan fingerprint density at radius 3 is 2.88 bits per heavy atom. The van der Waals surface area contributed by atoms with Gasteiger partial charge in [-0.05, 0) is 31.5 Å². The molecule has 3 heterocycles. The van der Waals surface area contributed by atoms with Gasteiger partial charge in [0.25, 0.3) is 0 Å². The van der Waals surface area contributed by atoms with Crippen LogP contribution in [0.4, 0.5) is 0 Å². The fourth-order valence-corrected chi connectivity index (χ4v) is 3.16. The van der Waals surface area contributed by atoms with Crippen LogP contribution in [-0.4, -0.2) is 30.8 Å². The van der Waals surface area contributed by atoms with Crippen molar-refractivity contribution in [2.75, 3.05) is 6.61 Å². The van der Waals surface area contributed by atoms with E-state index >= 15 is 0 Å². The van der Waals surface area contributed by atoms with Crippen LogP contribution in [0.25, 0.3) is 27.9 Å². The van der Waals surface area contributed by atoms with E-state index in [0.717, 1.165) is 34.5 Å². The van der Waals surface area contributed by atoms with Crippen molar-refractivity contribution in [2.45, 2.75) is 26.8 Å². The van der Waals surface area contributed by atoms with Gasteiger partial charge in [-0.25, -0.2) is 9.20 Å². The molecule has 7 nitrogen and oxygen atoms in total. The highest BCUT2D eigenvalue weighted by Crippen LogP contribution is 2.32. The smallest absolute Gasteiger partial charge is 0.335 e. The van der Waals surface area contributed by atoms with E-state index in [2.05, 4.69) is 15.2 Å². The Balaban J connectivity index is 2.03. The Hall–Kier alpha value is -3.09. The van der Waals surface area contributed by atoms with Crippen molar-refractivity contribution in [3.05, 3.63) is 47.1 Å². The van der Waals surface area contributed by atoms with Gasteiger partial charge in [0.1, 0.15) is 17.6 Å². The maximum atomic E-state index is 12.7. The van der Waals surface area contributed by atoms with Crippen LogP contribution >= 0.6 is 0 Å². The minimum absolute atomic E-state index is 0.127. The number of hydrogen-bond acceptors (Lipinski definition) is 4. The molecule has 0 radical (unpaired) electrons. The van der Waals surface area contributed by atoms with Crippen LogP contribution in [0, 0.1) is 0 Å². The summed E-state index contributed by atoms with van der Waals surface area (Å²) in [6.07, 6.45) is 2.32. The molecule has 0 fully saturated rings. The topological polar surface area (TPSA) is 77.2 Å². The molecule has 0 unspecified atom stereocenters. The Morgan fingerprint density at radius 2 is 2.08 bits per heavy atom. The summed E-state index contributed by atoms with van der Waals surface area (Å²) in [7, 11) is 0. The van der Waals surface area contributed by atoms with Crippen LogP contribution in [0.3, 0.4) is 0 Å². The van der Waals surface area contributed by atoms with Crippen LogP contribution in [0.15, 0.2) is 41.5 Å². The minimum atomic E-state index is -0.127. The highest BCUT2D eigenvalue weighted by atomic mass is 16.5. The predicted octanol–water partition coefficient (Wildman–Crippen LogP) is 2.85. The van der Waals surface area contributed by atoms with Crippen LogP contribution < -0.4 is 10.4 Å². The van der Waals surface area contributed by atoms with Crippen molar-refractivity contribution in [3.63, 3.8) is 0 Å². The molecule has 1 aromatic carbocycles. The summed E-state index contributed by atoms with van der Waals surface area (Å²) in [5.41, 5.74) is 3.87. The van der Waals surface area contributed by atoms with Gasteiger partial charge in [0.2, 0.25) is 0 Å². The lowest BCUT2D eigenvalue weighted by Crippen LogP contribution is -2.26. The van der Waals surface area contributed by atoms with Gasteiger partial charge in [-0.2, -0.15) is 0 Å². The number of benzene rings is 1. The number of aromatic nitrogens is 5. The average molecular weight is 337 g/mol. The summed E-state index contributed by atoms with van der Waals surface area (Å²) in [6.45, 7) is 5.23. The second-order valence-corrected chi connectivity index (χ2v) is 5.83. The molecule has 0 aliphatic heterocycles. The van der Waals surface area contributed by atoms with E-state index in [1.54, 1.807) is 4.57 Å². The summed E-state index contributed by atoms with van der Waals surface area (Å²) in [4.78, 5) is 16.1. The zero-order chi connectivity index (χ0) is 17.4. The van der Waals surface area contributed by atoms with Gasteiger partial charge >= 0.3 is 5.69 Å². The molecule has 4 rings (SSSR count). The maximum absolute atomic E-state index is 12.7. The fraction of sp³-hybridized carbons (Fsp3) is 0.278. The number of nitrogens with zero attached hydrogens (tertiary/aromatic N) is 4. The van der Waals surface area contributed by atoms with E-state index < -0.39 is 0 Å². The van der Waals surface area contributed by atoms with Gasteiger partial charge in [-0.1, -0.05) is 19.1 Å². The number of para-hydroxylation sites is 1. The van der Waals surface area contributed by atoms with Crippen molar-refractivity contribution in [3.8, 4) is 17.0 Å². The number of ether oxygens (including phenoxy) is 1. The van der Waals surface area contributed by atoms with E-state index in [1.807, 2.05) is 44.2 Å². The molecule has 0 aliphatic carbocycles. The van der Waals surface area contributed by atoms with Crippen LogP contribution in [0.1, 0.15) is 20.3 Å². The lowest BCUT2D eigenvalue weighted by molar-refractivity contribution is 0.341. The van der Waals surface area contributed by atoms with Gasteiger partial charge in [0.05, 0.1) is 17.8 Å². The fourth-order valence-electron chi connectivity index (χ4n) is 3.16. The summed E-state index contributed by atoms with van der Waals surface area (Å²) in [5, 5.41) is 8.01. The molecule has 0 atom stereocenters. The zero-order valence-electron chi connectivity index (χ0n) is 14.2. The van der Waals surface area contributed by atoms with E-state index in [1.165, 1.54) is 10.7 Å². The average Bonchev–Trinajstić information content (AvgIpc) is 3.26. The molecule has 25 heavy (non-hydrogen) atoms. The molecule has 0 saturated carbocycles. The Morgan fingerprint density at radius 1 is 1.24 bits per heavy atom. The molecule has 0 amide bonds. The Labute approximate surface area is 143 Å². The number of rotatable bonds is 5. The number of nitrogens with one attached hydrogen (secondary N) is 1. The molecule has 128 valence electrons. The first-order chi connectivity index (χ1) is 12.2. The van der Waals surface area contributed by atoms with Gasteiger partial charge in [0.15, 0.2) is 5.65 Å². The minimum Gasteiger partial charge on any atom is -0.493 e. The Bertz CT molecular complexity index is 1110. The van der Waals surface area contributed by atoms with Crippen LogP contribution in [0.5, 0.6) is 5.75 Å². The molecule has 0 spiro atoms. The van der Waals surface area contributed by atoms with Crippen molar-refractivity contribution in [2.24, 2.45) is 0 Å². The second kappa shape index (κ2) is 6.08. The summed E-state index contributed by atoms with van der Waals surface area (Å²) in [6, 6.07) is 9.84. The SMILES string of the molecule is CCCn1c(=O)n2cnnc2c2[nH]c(-c3ccccc3OCC)cc21. The molecular weight excluding hydrogens is 318 g/mol. The zero-order valence-corrected chi connectivity index (χ0v) is 14.2. The third-order valence-electron chi connectivity index (χ3n) is 4.22. The van der Waals surface area contributed by atoms with E-state index in [-0.39, 0.29) is 5.69 Å². The van der Waals surface area contributed by atoms with Crippen molar-refractivity contribution in [1.82, 2.24) is 24.1 Å². The lowest BCUT2D eigenvalue weighted by atomic mass is 10.1. The van der Waals surface area contributed by atoms with E-state index in [9.17, 15) is 4.79 Å². The predicted molar refractivity (Wildman–Crippen MR) is 96.0 cm³/mol. The standard InChI is InChI=1S/C18H19N5O2/c1-3-9-22-14-10-13(12-7-5-6-8-15(12)25-4-2)20-16(14)17-21-19-11-23(17)18(22)24/h5-8,10-11,20H,3-4,9H2,1-2H3. The molecule has 0 bridgehead atoms. The molecule has 0 saturated heterocycles. The van der Waals surface area contributed by atoms with Gasteiger partial charge in [-0.3, -0.25) is 4.57 Å². The monoisotopic (exact) mass is 337 g/mol. The first-order valence-corrected chi connectivity index (χ1v) is 8.42. The first-order valence-electron chi connectivity index (χ1n) is 8.42. The third kappa shape index (κ3) is 2.39. The molecule has 0 aliphatic rings. The summed E-state index contributed by atoms with van der Waals surface area (Å²) in [5.74, 6) is 0.804. The Kier molecular flexibility index (Phi) is 3.76. The van der Waals surface area contributed by atoms with E-state index in [0.29, 0.717) is 18.8 Å². The number of hydrogen-bond donors (Lipinski definition) is 1. The molecular formula is C18H19N5O2. The number of fused-ring (bicyclic) bond motifs is 3. The molecule has 7 heteroatoms. The van der Waals surface area contributed by atoms with Crippen molar-refractivity contribution >= 4 is 16.7 Å². The normalized spacial score (nSPS) is 11.4. The molecule has 1 N–H and O–H groups in total. The molecule has 3 aromatic heterocycles. The highest BCUT2D eigenvalue weighted by Gasteiger charge is 2.16. The van der Waals surface area contributed by atoms with Gasteiger partial charge in [-0.15, -0.1) is 10.2 Å². The number of H-pyrrole nitrogens is 1. The van der Waals surface area contributed by atoms with Gasteiger partial charge in [0, 0.05) is 12.1 Å². The number of aromatic amines is 1. The largest absolute Gasteiger partial charge is 0.493 e. The van der Waals surface area contributed by atoms with Gasteiger partial charge < -0.3 is 9.72 Å². The van der Waals surface area contributed by atoms with Crippen LogP contribution in [0.2, 0.25) is 0 Å².